The second-order valence-corrected chi connectivity index (χ2v) is 5.67. The van der Waals surface area contributed by atoms with Crippen LogP contribution in [-0.2, 0) is 23.1 Å². The minimum absolute atomic E-state index is 0.146. The third kappa shape index (κ3) is 1.82. The normalized spacial score (nSPS) is 22.1. The lowest BCUT2D eigenvalue weighted by atomic mass is 9.78. The molecular weight excluding hydrogens is 208 g/mol. The molecule has 17 heavy (non-hydrogen) atoms. The molecule has 1 saturated carbocycles. The molecule has 0 spiro atoms. The van der Waals surface area contributed by atoms with E-state index in [9.17, 15) is 4.79 Å². The molecule has 1 aromatic carbocycles. The van der Waals surface area contributed by atoms with Crippen molar-refractivity contribution in [2.75, 3.05) is 0 Å². The maximum absolute atomic E-state index is 11.5. The maximum atomic E-state index is 11.5. The number of rotatable bonds is 2. The summed E-state index contributed by atoms with van der Waals surface area (Å²) in [5.74, 6) is 0. The molecule has 0 bridgehead atoms. The summed E-state index contributed by atoms with van der Waals surface area (Å²) in [5.41, 5.74) is 4.15. The Balaban J connectivity index is 2.00. The molecule has 0 N–H and O–H groups in total. The van der Waals surface area contributed by atoms with Gasteiger partial charge in [-0.25, -0.2) is 0 Å². The monoisotopic (exact) mass is 228 g/mol. The highest BCUT2D eigenvalue weighted by atomic mass is 16.1. The van der Waals surface area contributed by atoms with Crippen LogP contribution in [0.25, 0.3) is 0 Å². The topological polar surface area (TPSA) is 17.1 Å². The molecule has 0 radical (unpaired) electrons. The second-order valence-electron chi connectivity index (χ2n) is 5.67. The first-order valence-corrected chi connectivity index (χ1v) is 6.93. The van der Waals surface area contributed by atoms with E-state index in [0.29, 0.717) is 0 Å². The lowest BCUT2D eigenvalue weighted by Gasteiger charge is -2.25. The van der Waals surface area contributed by atoms with E-state index in [0.717, 1.165) is 12.8 Å². The lowest BCUT2D eigenvalue weighted by Crippen LogP contribution is -2.24. The Hall–Kier alpha value is -1.11. The molecule has 3 rings (SSSR count). The highest BCUT2D eigenvalue weighted by Gasteiger charge is 2.35. The Morgan fingerprint density at radius 2 is 1.65 bits per heavy atom. The third-order valence-electron chi connectivity index (χ3n) is 4.64. The van der Waals surface area contributed by atoms with Crippen LogP contribution in [0, 0.1) is 0 Å². The minimum atomic E-state index is -0.146. The predicted molar refractivity (Wildman–Crippen MR) is 69.3 cm³/mol. The Bertz CT molecular complexity index is 427. The summed E-state index contributed by atoms with van der Waals surface area (Å²) in [6, 6.07) is 6.81. The van der Waals surface area contributed by atoms with Gasteiger partial charge in [0, 0.05) is 0 Å². The van der Waals surface area contributed by atoms with Gasteiger partial charge in [0.15, 0.2) is 0 Å². The lowest BCUT2D eigenvalue weighted by molar-refractivity contribution is -0.112. The number of aldehydes is 1. The molecule has 0 amide bonds. The van der Waals surface area contributed by atoms with Crippen molar-refractivity contribution in [3.05, 3.63) is 34.9 Å². The minimum Gasteiger partial charge on any atom is -0.302 e. The molecule has 0 aliphatic heterocycles. The van der Waals surface area contributed by atoms with Crippen molar-refractivity contribution in [2.45, 2.75) is 56.8 Å². The van der Waals surface area contributed by atoms with E-state index >= 15 is 0 Å². The largest absolute Gasteiger partial charge is 0.302 e. The van der Waals surface area contributed by atoms with Gasteiger partial charge in [0.05, 0.1) is 5.41 Å². The molecule has 0 atom stereocenters. The highest BCUT2D eigenvalue weighted by molar-refractivity contribution is 5.69. The number of carbonyl (C=O) groups is 1. The molecular formula is C16H20O. The van der Waals surface area contributed by atoms with Crippen molar-refractivity contribution in [1.82, 2.24) is 0 Å². The van der Waals surface area contributed by atoms with Gasteiger partial charge in [0.1, 0.15) is 6.29 Å². The SMILES string of the molecule is O=CC1(c2ccc3c(c2)CCCC3)CCCC1. The van der Waals surface area contributed by atoms with Crippen molar-refractivity contribution in [2.24, 2.45) is 0 Å². The summed E-state index contributed by atoms with van der Waals surface area (Å²) in [6.07, 6.45) is 10.8. The zero-order valence-electron chi connectivity index (χ0n) is 10.4. The van der Waals surface area contributed by atoms with Crippen molar-refractivity contribution in [3.63, 3.8) is 0 Å². The molecule has 1 heteroatoms. The maximum Gasteiger partial charge on any atom is 0.130 e. The second kappa shape index (κ2) is 4.29. The van der Waals surface area contributed by atoms with Crippen LogP contribution >= 0.6 is 0 Å². The van der Waals surface area contributed by atoms with Crippen molar-refractivity contribution in [3.8, 4) is 0 Å². The van der Waals surface area contributed by atoms with Crippen molar-refractivity contribution >= 4 is 6.29 Å². The number of hydrogen-bond donors (Lipinski definition) is 0. The van der Waals surface area contributed by atoms with Gasteiger partial charge in [0.2, 0.25) is 0 Å². The molecule has 0 heterocycles. The Labute approximate surface area is 103 Å². The van der Waals surface area contributed by atoms with Crippen LogP contribution in [0.15, 0.2) is 18.2 Å². The predicted octanol–water partition coefficient (Wildman–Crippen LogP) is 3.58. The molecule has 0 aromatic heterocycles. The number of aryl methyl sites for hydroxylation is 2. The van der Waals surface area contributed by atoms with Gasteiger partial charge in [0.25, 0.3) is 0 Å². The number of hydrogen-bond acceptors (Lipinski definition) is 1. The summed E-state index contributed by atoms with van der Waals surface area (Å²) in [7, 11) is 0. The zero-order chi connectivity index (χ0) is 11.7. The molecule has 1 fully saturated rings. The Morgan fingerprint density at radius 3 is 2.35 bits per heavy atom. The number of fused-ring (bicyclic) bond motifs is 1. The summed E-state index contributed by atoms with van der Waals surface area (Å²) >= 11 is 0. The number of benzene rings is 1. The Morgan fingerprint density at radius 1 is 0.941 bits per heavy atom. The van der Waals surface area contributed by atoms with Gasteiger partial charge in [-0.1, -0.05) is 31.0 Å². The number of carbonyl (C=O) groups excluding carboxylic acids is 1. The molecule has 2 aliphatic rings. The summed E-state index contributed by atoms with van der Waals surface area (Å²) < 4.78 is 0. The standard InChI is InChI=1S/C16H20O/c17-12-16(9-3-4-10-16)15-8-7-13-5-1-2-6-14(13)11-15/h7-8,11-12H,1-6,9-10H2. The summed E-state index contributed by atoms with van der Waals surface area (Å²) in [4.78, 5) is 11.5. The summed E-state index contributed by atoms with van der Waals surface area (Å²) in [6.45, 7) is 0. The van der Waals surface area contributed by atoms with E-state index in [1.165, 1.54) is 61.5 Å². The summed E-state index contributed by atoms with van der Waals surface area (Å²) in [5, 5.41) is 0. The van der Waals surface area contributed by atoms with E-state index in [4.69, 9.17) is 0 Å². The van der Waals surface area contributed by atoms with E-state index in [-0.39, 0.29) is 5.41 Å². The van der Waals surface area contributed by atoms with Crippen molar-refractivity contribution in [1.29, 1.82) is 0 Å². The fourth-order valence-electron chi connectivity index (χ4n) is 3.52. The van der Waals surface area contributed by atoms with E-state index in [1.807, 2.05) is 0 Å². The molecule has 2 aliphatic carbocycles. The zero-order valence-corrected chi connectivity index (χ0v) is 10.4. The average molecular weight is 228 g/mol. The molecule has 0 saturated heterocycles. The van der Waals surface area contributed by atoms with Crippen LogP contribution in [-0.4, -0.2) is 6.29 Å². The van der Waals surface area contributed by atoms with Gasteiger partial charge in [-0.05, 0) is 55.2 Å². The van der Waals surface area contributed by atoms with Gasteiger partial charge >= 0.3 is 0 Å². The molecule has 1 nitrogen and oxygen atoms in total. The van der Waals surface area contributed by atoms with Crippen LogP contribution in [0.4, 0.5) is 0 Å². The molecule has 0 unspecified atom stereocenters. The third-order valence-corrected chi connectivity index (χ3v) is 4.64. The fourth-order valence-corrected chi connectivity index (χ4v) is 3.52. The average Bonchev–Trinajstić information content (AvgIpc) is 2.88. The first-order valence-electron chi connectivity index (χ1n) is 6.93. The Kier molecular flexibility index (Phi) is 2.78. The van der Waals surface area contributed by atoms with E-state index < -0.39 is 0 Å². The quantitative estimate of drug-likeness (QED) is 0.707. The van der Waals surface area contributed by atoms with Crippen LogP contribution in [0.1, 0.15) is 55.2 Å². The first-order chi connectivity index (χ1) is 8.34. The molecule has 1 aromatic rings. The smallest absolute Gasteiger partial charge is 0.130 e. The van der Waals surface area contributed by atoms with Gasteiger partial charge in [-0.2, -0.15) is 0 Å². The molecule has 90 valence electrons. The van der Waals surface area contributed by atoms with Crippen LogP contribution in [0.5, 0.6) is 0 Å². The fraction of sp³-hybridized carbons (Fsp3) is 0.562. The van der Waals surface area contributed by atoms with Crippen LogP contribution in [0.3, 0.4) is 0 Å². The van der Waals surface area contributed by atoms with E-state index in [1.54, 1.807) is 0 Å². The van der Waals surface area contributed by atoms with Gasteiger partial charge in [-0.3, -0.25) is 0 Å². The van der Waals surface area contributed by atoms with Crippen LogP contribution < -0.4 is 0 Å². The first kappa shape index (κ1) is 11.0. The highest BCUT2D eigenvalue weighted by Crippen LogP contribution is 2.40. The van der Waals surface area contributed by atoms with E-state index in [2.05, 4.69) is 18.2 Å². The van der Waals surface area contributed by atoms with Gasteiger partial charge in [-0.15, -0.1) is 0 Å². The van der Waals surface area contributed by atoms with Crippen LogP contribution in [0.2, 0.25) is 0 Å². The van der Waals surface area contributed by atoms with Crippen molar-refractivity contribution < 1.29 is 4.79 Å². The van der Waals surface area contributed by atoms with Gasteiger partial charge < -0.3 is 4.79 Å².